The summed E-state index contributed by atoms with van der Waals surface area (Å²) in [6, 6.07) is 2.16. The second-order valence-electron chi connectivity index (χ2n) is 16.9. The molecule has 2 aliphatic rings. The van der Waals surface area contributed by atoms with Crippen LogP contribution in [-0.2, 0) is 19.2 Å². The first-order valence-electron chi connectivity index (χ1n) is 16.9. The van der Waals surface area contributed by atoms with Crippen LogP contribution in [0.15, 0.2) is 23.3 Å². The molecule has 0 aromatic rings. The minimum Gasteiger partial charge on any atom is -0.480 e. The molecule has 1 fully saturated rings. The van der Waals surface area contributed by atoms with Crippen LogP contribution < -0.4 is 5.32 Å². The number of amides is 1. The van der Waals surface area contributed by atoms with Crippen LogP contribution in [0.3, 0.4) is 0 Å². The number of carbonyl (C=O) groups is 4. The molecule has 0 bridgehead atoms. The molecule has 1 amide bonds. The molecule has 45 heavy (non-hydrogen) atoms. The van der Waals surface area contributed by atoms with E-state index in [0.29, 0.717) is 6.42 Å². The van der Waals surface area contributed by atoms with Gasteiger partial charge < -0.3 is 10.4 Å². The summed E-state index contributed by atoms with van der Waals surface area (Å²) in [5.41, 5.74) is -0.732. The van der Waals surface area contributed by atoms with Crippen LogP contribution in [0.25, 0.3) is 0 Å². The number of carboxylic acids is 1. The van der Waals surface area contributed by atoms with Gasteiger partial charge in [0.25, 0.3) is 0 Å². The van der Waals surface area contributed by atoms with E-state index < -0.39 is 16.8 Å². The summed E-state index contributed by atoms with van der Waals surface area (Å²) in [7, 11) is 0. The monoisotopic (exact) mass is 624 g/mol. The highest BCUT2D eigenvalue weighted by atomic mass is 16.4. The van der Waals surface area contributed by atoms with Crippen molar-refractivity contribution >= 4 is 23.4 Å². The number of fused-ring (bicyclic) bond motifs is 1. The van der Waals surface area contributed by atoms with E-state index in [9.17, 15) is 24.4 Å². The molecule has 0 heterocycles. The van der Waals surface area contributed by atoms with Gasteiger partial charge >= 0.3 is 5.97 Å². The standard InChI is InChI=1S/C38H60N2O5/c1-12-15-33(3,4)18-20-36(9,16-14-30(42)40-25-31(43)44)21-19-34(5,6)38(11)17-13-28-35(7,8)32(45)27(24-39)23-37(28,10)29(38)22-26(2)41/h22-23,28H,12-21,25H2,1-11H3,(H,40,42)(H,43,44)/b29-22-/t28-,36-,37-,38+/m0/s1. The smallest absolute Gasteiger partial charge is 0.322 e. The molecule has 4 atom stereocenters. The molecular weight excluding hydrogens is 564 g/mol. The van der Waals surface area contributed by atoms with Gasteiger partial charge in [0, 0.05) is 17.3 Å². The van der Waals surface area contributed by atoms with Crippen LogP contribution in [0.1, 0.15) is 140 Å². The first-order chi connectivity index (χ1) is 20.5. The average molecular weight is 625 g/mol. The number of allylic oxidation sites excluding steroid dienone is 4. The first-order valence-corrected chi connectivity index (χ1v) is 16.9. The fourth-order valence-corrected chi connectivity index (χ4v) is 8.50. The Morgan fingerprint density at radius 1 is 1.02 bits per heavy atom. The fourth-order valence-electron chi connectivity index (χ4n) is 8.50. The second kappa shape index (κ2) is 13.9. The summed E-state index contributed by atoms with van der Waals surface area (Å²) in [5, 5.41) is 21.5. The second-order valence-corrected chi connectivity index (χ2v) is 16.9. The Hall–Kier alpha value is -2.75. The van der Waals surface area contributed by atoms with E-state index >= 15 is 0 Å². The van der Waals surface area contributed by atoms with Crippen LogP contribution in [0.4, 0.5) is 0 Å². The Balaban J connectivity index is 2.48. The normalized spacial score (nSPS) is 27.2. The fraction of sp³-hybridized carbons (Fsp3) is 0.763. The van der Waals surface area contributed by atoms with E-state index in [1.807, 2.05) is 19.9 Å². The molecule has 0 saturated heterocycles. The van der Waals surface area contributed by atoms with Crippen LogP contribution in [0.2, 0.25) is 0 Å². The van der Waals surface area contributed by atoms with Gasteiger partial charge in [-0.15, -0.1) is 0 Å². The minimum atomic E-state index is -1.05. The zero-order chi connectivity index (χ0) is 34.6. The lowest BCUT2D eigenvalue weighted by Crippen LogP contribution is -2.55. The summed E-state index contributed by atoms with van der Waals surface area (Å²) in [6.07, 6.45) is 12.2. The third-order valence-electron chi connectivity index (χ3n) is 12.0. The SMILES string of the molecule is CCCC(C)(C)CC[C@](C)(CCC(=O)NCC(=O)O)CCC(C)(C)[C@]1(C)CC[C@H]2C(C)(C)C(=O)C(C#N)=C[C@]2(C)/C1=C/C(C)=O. The maximum Gasteiger partial charge on any atom is 0.322 e. The average Bonchev–Trinajstić information content (AvgIpc) is 2.92. The van der Waals surface area contributed by atoms with Crippen molar-refractivity contribution in [3.05, 3.63) is 23.3 Å². The Morgan fingerprint density at radius 2 is 1.62 bits per heavy atom. The molecule has 7 nitrogen and oxygen atoms in total. The summed E-state index contributed by atoms with van der Waals surface area (Å²) in [6.45, 7) is 23.1. The maximum atomic E-state index is 13.3. The summed E-state index contributed by atoms with van der Waals surface area (Å²) in [4.78, 5) is 49.7. The van der Waals surface area contributed by atoms with Gasteiger partial charge in [-0.05, 0) is 91.9 Å². The highest BCUT2D eigenvalue weighted by molar-refractivity contribution is 6.04. The predicted octanol–water partition coefficient (Wildman–Crippen LogP) is 8.38. The van der Waals surface area contributed by atoms with Crippen molar-refractivity contribution in [2.45, 2.75) is 140 Å². The third-order valence-corrected chi connectivity index (χ3v) is 12.0. The van der Waals surface area contributed by atoms with Gasteiger partial charge in [0.15, 0.2) is 11.6 Å². The highest BCUT2D eigenvalue weighted by Gasteiger charge is 2.61. The lowest BCUT2D eigenvalue weighted by molar-refractivity contribution is -0.138. The molecule has 1 saturated carbocycles. The number of rotatable bonds is 15. The van der Waals surface area contributed by atoms with Crippen LogP contribution >= 0.6 is 0 Å². The van der Waals surface area contributed by atoms with Crippen molar-refractivity contribution in [1.82, 2.24) is 5.32 Å². The molecule has 0 aliphatic heterocycles. The van der Waals surface area contributed by atoms with Gasteiger partial charge in [0.05, 0.1) is 5.57 Å². The van der Waals surface area contributed by atoms with E-state index in [1.165, 1.54) is 0 Å². The molecule has 2 N–H and O–H groups in total. The first kappa shape index (κ1) is 38.4. The van der Waals surface area contributed by atoms with Gasteiger partial charge in [-0.1, -0.05) is 87.3 Å². The van der Waals surface area contributed by atoms with Crippen LogP contribution in [0.5, 0.6) is 0 Å². The zero-order valence-corrected chi connectivity index (χ0v) is 30.0. The Labute approximate surface area is 272 Å². The number of nitrogens with zero attached hydrogens (tertiary/aromatic N) is 1. The van der Waals surface area contributed by atoms with Crippen molar-refractivity contribution in [3.63, 3.8) is 0 Å². The van der Waals surface area contributed by atoms with Crippen molar-refractivity contribution < 1.29 is 24.3 Å². The molecular formula is C38H60N2O5. The van der Waals surface area contributed by atoms with Crippen LogP contribution in [-0.4, -0.2) is 35.1 Å². The minimum absolute atomic E-state index is 0.0283. The lowest BCUT2D eigenvalue weighted by Gasteiger charge is -2.61. The molecule has 2 aliphatic carbocycles. The van der Waals surface area contributed by atoms with Gasteiger partial charge in [-0.2, -0.15) is 5.26 Å². The molecule has 0 aromatic heterocycles. The predicted molar refractivity (Wildman–Crippen MR) is 179 cm³/mol. The number of ketones is 2. The summed E-state index contributed by atoms with van der Waals surface area (Å²) >= 11 is 0. The number of aliphatic carboxylic acids is 1. The number of carbonyl (C=O) groups excluding carboxylic acids is 3. The largest absolute Gasteiger partial charge is 0.480 e. The van der Waals surface area contributed by atoms with Gasteiger partial charge in [-0.25, -0.2) is 0 Å². The maximum absolute atomic E-state index is 13.3. The van der Waals surface area contributed by atoms with E-state index in [-0.39, 0.29) is 63.6 Å². The number of hydrogen-bond donors (Lipinski definition) is 2. The number of nitrogens with one attached hydrogen (secondary N) is 1. The summed E-state index contributed by atoms with van der Waals surface area (Å²) < 4.78 is 0. The quantitative estimate of drug-likeness (QED) is 0.176. The Morgan fingerprint density at radius 3 is 2.16 bits per heavy atom. The molecule has 7 heteroatoms. The number of Topliss-reactive ketones (excluding diaryl/α,β-unsaturated/α-hetero) is 1. The van der Waals surface area contributed by atoms with E-state index in [1.54, 1.807) is 13.0 Å². The Kier molecular flexibility index (Phi) is 11.9. The van der Waals surface area contributed by atoms with E-state index in [2.05, 4.69) is 66.8 Å². The Bertz CT molecular complexity index is 1260. The van der Waals surface area contributed by atoms with Crippen molar-refractivity contribution in [1.29, 1.82) is 5.26 Å². The highest BCUT2D eigenvalue weighted by Crippen LogP contribution is 2.67. The van der Waals surface area contributed by atoms with Crippen molar-refractivity contribution in [3.8, 4) is 6.07 Å². The molecule has 0 unspecified atom stereocenters. The molecule has 2 rings (SSSR count). The van der Waals surface area contributed by atoms with Gasteiger partial charge in [-0.3, -0.25) is 19.2 Å². The zero-order valence-electron chi connectivity index (χ0n) is 30.0. The number of carboxylic acid groups (broad SMARTS) is 1. The molecule has 0 spiro atoms. The van der Waals surface area contributed by atoms with Crippen molar-refractivity contribution in [2.24, 2.45) is 38.4 Å². The van der Waals surface area contributed by atoms with Gasteiger partial charge in [0.1, 0.15) is 12.6 Å². The summed E-state index contributed by atoms with van der Waals surface area (Å²) in [5.74, 6) is -1.48. The third kappa shape index (κ3) is 8.54. The topological polar surface area (TPSA) is 124 Å². The van der Waals surface area contributed by atoms with Gasteiger partial charge in [0.2, 0.25) is 5.91 Å². The lowest BCUT2D eigenvalue weighted by atomic mass is 9.42. The van der Waals surface area contributed by atoms with Crippen LogP contribution in [0, 0.1) is 49.7 Å². The van der Waals surface area contributed by atoms with E-state index in [4.69, 9.17) is 5.11 Å². The van der Waals surface area contributed by atoms with E-state index in [0.717, 1.165) is 56.9 Å². The number of hydrogen-bond acceptors (Lipinski definition) is 5. The molecule has 252 valence electrons. The number of nitriles is 1. The molecule has 0 radical (unpaired) electrons. The molecule has 0 aromatic carbocycles. The van der Waals surface area contributed by atoms with Crippen molar-refractivity contribution in [2.75, 3.05) is 6.54 Å².